The summed E-state index contributed by atoms with van der Waals surface area (Å²) < 4.78 is 8.56. The van der Waals surface area contributed by atoms with Crippen LogP contribution in [0.2, 0.25) is 0 Å². The molecule has 0 unspecified atom stereocenters. The Balaban J connectivity index is 1.96. The maximum Gasteiger partial charge on any atom is 0.159 e. The number of aryl methyl sites for hydroxylation is 3. The van der Waals surface area contributed by atoms with Gasteiger partial charge in [-0.25, -0.2) is 0 Å². The number of hydrogen-bond donors (Lipinski definition) is 0. The molecule has 0 bridgehead atoms. The monoisotopic (exact) mass is 441 g/mol. The van der Waals surface area contributed by atoms with Gasteiger partial charge in [0.05, 0.1) is 34.2 Å². The molecule has 0 saturated heterocycles. The Bertz CT molecular complexity index is 1080. The van der Waals surface area contributed by atoms with Gasteiger partial charge in [-0.3, -0.25) is 3.11 Å². The van der Waals surface area contributed by atoms with E-state index in [0.29, 0.717) is 0 Å². The molecule has 4 rings (SSSR count). The number of para-hydroxylation sites is 2. The van der Waals surface area contributed by atoms with Crippen LogP contribution in [-0.2, 0) is 6.42 Å². The van der Waals surface area contributed by atoms with E-state index in [9.17, 15) is 0 Å². The lowest BCUT2D eigenvalue weighted by atomic mass is 10.1. The molecule has 25 heavy (non-hydrogen) atoms. The van der Waals surface area contributed by atoms with E-state index >= 15 is 0 Å². The summed E-state index contributed by atoms with van der Waals surface area (Å²) in [6.07, 6.45) is 0.970. The first-order chi connectivity index (χ1) is 12.1. The van der Waals surface area contributed by atoms with E-state index in [0.717, 1.165) is 23.3 Å². The topological polar surface area (TPSA) is 16.4 Å². The van der Waals surface area contributed by atoms with Crippen LogP contribution in [0.3, 0.4) is 0 Å². The summed E-state index contributed by atoms with van der Waals surface area (Å²) in [6, 6.07) is 19.4. The summed E-state index contributed by atoms with van der Waals surface area (Å²) in [4.78, 5) is 0. The lowest BCUT2D eigenvalue weighted by molar-refractivity contribution is 0.664. The summed E-state index contributed by atoms with van der Waals surface area (Å²) >= 11 is 2.37. The Kier molecular flexibility index (Phi) is 4.20. The number of halogens is 1. The molecule has 0 saturated carbocycles. The normalized spacial score (nSPS) is 11.4. The van der Waals surface area contributed by atoms with Crippen LogP contribution in [0.1, 0.15) is 23.6 Å². The minimum absolute atomic E-state index is 0.952. The van der Waals surface area contributed by atoms with Crippen LogP contribution in [0, 0.1) is 13.8 Å². The predicted molar refractivity (Wildman–Crippen MR) is 115 cm³/mol. The van der Waals surface area contributed by atoms with Crippen molar-refractivity contribution < 1.29 is 4.42 Å². The highest BCUT2D eigenvalue weighted by atomic mass is 127. The zero-order valence-corrected chi connectivity index (χ0v) is 16.8. The van der Waals surface area contributed by atoms with Crippen molar-refractivity contribution >= 4 is 56.2 Å². The second kappa shape index (κ2) is 6.37. The van der Waals surface area contributed by atoms with Crippen molar-refractivity contribution in [2.75, 3.05) is 3.11 Å². The van der Waals surface area contributed by atoms with Crippen molar-refractivity contribution in [1.82, 2.24) is 0 Å². The Hall–Kier alpha value is -2.01. The molecular weight excluding hydrogens is 421 g/mol. The van der Waals surface area contributed by atoms with Gasteiger partial charge in [0.15, 0.2) is 5.58 Å². The second-order valence-electron chi connectivity index (χ2n) is 6.47. The Labute approximate surface area is 161 Å². The number of anilines is 2. The Morgan fingerprint density at radius 3 is 2.32 bits per heavy atom. The number of nitrogens with zero attached hydrogens (tertiary/aromatic N) is 1. The SMILES string of the molecule is CCc1cccc2c1oc1c(N(I)c3ccc(C)cc3C)cccc12. The molecule has 4 aromatic rings. The molecule has 1 heterocycles. The molecular formula is C22H20INO. The average molecular weight is 441 g/mol. The van der Waals surface area contributed by atoms with Crippen molar-refractivity contribution in [3.63, 3.8) is 0 Å². The van der Waals surface area contributed by atoms with Crippen LogP contribution in [0.5, 0.6) is 0 Å². The van der Waals surface area contributed by atoms with Crippen molar-refractivity contribution in [2.45, 2.75) is 27.2 Å². The van der Waals surface area contributed by atoms with E-state index in [-0.39, 0.29) is 0 Å². The lowest BCUT2D eigenvalue weighted by Crippen LogP contribution is -2.03. The first-order valence-electron chi connectivity index (χ1n) is 8.56. The van der Waals surface area contributed by atoms with Crippen LogP contribution in [0.15, 0.2) is 59.0 Å². The van der Waals surface area contributed by atoms with E-state index in [1.807, 2.05) is 0 Å². The highest BCUT2D eigenvalue weighted by Gasteiger charge is 2.17. The third-order valence-electron chi connectivity index (χ3n) is 4.74. The fourth-order valence-electron chi connectivity index (χ4n) is 3.45. The molecule has 0 aliphatic rings. The lowest BCUT2D eigenvalue weighted by Gasteiger charge is -2.19. The van der Waals surface area contributed by atoms with Gasteiger partial charge in [-0.15, -0.1) is 0 Å². The molecule has 0 spiro atoms. The molecule has 3 heteroatoms. The Morgan fingerprint density at radius 1 is 0.880 bits per heavy atom. The van der Waals surface area contributed by atoms with Crippen LogP contribution < -0.4 is 3.11 Å². The van der Waals surface area contributed by atoms with Gasteiger partial charge in [-0.1, -0.05) is 55.0 Å². The highest BCUT2D eigenvalue weighted by molar-refractivity contribution is 14.1. The first kappa shape index (κ1) is 16.5. The van der Waals surface area contributed by atoms with Gasteiger partial charge in [0.1, 0.15) is 5.58 Å². The van der Waals surface area contributed by atoms with E-state index in [4.69, 9.17) is 4.42 Å². The average Bonchev–Trinajstić information content (AvgIpc) is 3.00. The largest absolute Gasteiger partial charge is 0.454 e. The van der Waals surface area contributed by atoms with Gasteiger partial charge >= 0.3 is 0 Å². The fourth-order valence-corrected chi connectivity index (χ4v) is 4.37. The zero-order valence-electron chi connectivity index (χ0n) is 14.6. The van der Waals surface area contributed by atoms with E-state index in [2.05, 4.69) is 101 Å². The quantitative estimate of drug-likeness (QED) is 0.246. The predicted octanol–water partition coefficient (Wildman–Crippen LogP) is 7.25. The molecule has 0 atom stereocenters. The van der Waals surface area contributed by atoms with Gasteiger partial charge in [-0.2, -0.15) is 0 Å². The molecule has 126 valence electrons. The van der Waals surface area contributed by atoms with E-state index < -0.39 is 0 Å². The molecule has 0 aliphatic carbocycles. The first-order valence-corrected chi connectivity index (χ1v) is 9.53. The van der Waals surface area contributed by atoms with Crippen LogP contribution in [0.25, 0.3) is 21.9 Å². The number of fused-ring (bicyclic) bond motifs is 3. The highest BCUT2D eigenvalue weighted by Crippen LogP contribution is 2.41. The zero-order chi connectivity index (χ0) is 17.6. The number of furan rings is 1. The maximum atomic E-state index is 6.37. The van der Waals surface area contributed by atoms with Crippen LogP contribution >= 0.6 is 22.9 Å². The third-order valence-corrected chi connectivity index (χ3v) is 5.78. The molecule has 0 aliphatic heterocycles. The van der Waals surface area contributed by atoms with Gasteiger partial charge < -0.3 is 4.42 Å². The number of benzene rings is 3. The van der Waals surface area contributed by atoms with Crippen molar-refractivity contribution in [3.05, 3.63) is 71.3 Å². The Morgan fingerprint density at radius 2 is 1.60 bits per heavy atom. The molecule has 0 N–H and O–H groups in total. The second-order valence-corrected chi connectivity index (χ2v) is 7.44. The molecule has 0 amide bonds. The summed E-state index contributed by atoms with van der Waals surface area (Å²) in [5.74, 6) is 0. The van der Waals surface area contributed by atoms with E-state index in [1.165, 1.54) is 33.2 Å². The standard InChI is InChI=1S/C22H20INO/c1-4-16-7-5-8-17-18-9-6-10-20(22(18)25-21(16)17)24(23)19-12-11-14(2)13-15(19)3/h5-13H,4H2,1-3H3. The van der Waals surface area contributed by atoms with E-state index in [1.54, 1.807) is 0 Å². The summed E-state index contributed by atoms with van der Waals surface area (Å²) in [5.41, 5.74) is 8.03. The molecule has 3 aromatic carbocycles. The molecule has 1 aromatic heterocycles. The number of hydrogen-bond acceptors (Lipinski definition) is 2. The van der Waals surface area contributed by atoms with Gasteiger partial charge in [0.2, 0.25) is 0 Å². The minimum Gasteiger partial charge on any atom is -0.454 e. The summed E-state index contributed by atoms with van der Waals surface area (Å²) in [6.45, 7) is 6.45. The minimum atomic E-state index is 0.952. The number of rotatable bonds is 3. The summed E-state index contributed by atoms with van der Waals surface area (Å²) in [7, 11) is 0. The van der Waals surface area contributed by atoms with Crippen LogP contribution in [-0.4, -0.2) is 0 Å². The molecule has 0 fully saturated rings. The summed E-state index contributed by atoms with van der Waals surface area (Å²) in [5, 5.41) is 2.37. The van der Waals surface area contributed by atoms with Crippen molar-refractivity contribution in [3.8, 4) is 0 Å². The fraction of sp³-hybridized carbons (Fsp3) is 0.182. The van der Waals surface area contributed by atoms with Crippen molar-refractivity contribution in [1.29, 1.82) is 0 Å². The maximum absolute atomic E-state index is 6.37. The van der Waals surface area contributed by atoms with Crippen LogP contribution in [0.4, 0.5) is 11.4 Å². The van der Waals surface area contributed by atoms with Gasteiger partial charge in [0, 0.05) is 10.8 Å². The molecule has 0 radical (unpaired) electrons. The van der Waals surface area contributed by atoms with Crippen molar-refractivity contribution in [2.24, 2.45) is 0 Å². The smallest absolute Gasteiger partial charge is 0.159 e. The molecule has 2 nitrogen and oxygen atoms in total. The third kappa shape index (κ3) is 2.71. The van der Waals surface area contributed by atoms with Gasteiger partial charge in [-0.05, 0) is 43.5 Å². The van der Waals surface area contributed by atoms with Gasteiger partial charge in [0.25, 0.3) is 0 Å².